The van der Waals surface area contributed by atoms with E-state index in [2.05, 4.69) is 9.98 Å². The van der Waals surface area contributed by atoms with Crippen LogP contribution in [-0.2, 0) is 0 Å². The van der Waals surface area contributed by atoms with E-state index in [4.69, 9.17) is 0 Å². The summed E-state index contributed by atoms with van der Waals surface area (Å²) in [6.45, 7) is 1.94. The van der Waals surface area contributed by atoms with E-state index >= 15 is 0 Å². The Morgan fingerprint density at radius 2 is 2.42 bits per heavy atom. The third kappa shape index (κ3) is 3.01. The predicted octanol–water partition coefficient (Wildman–Crippen LogP) is 2.63. The molecule has 2 heteroatoms. The van der Waals surface area contributed by atoms with Gasteiger partial charge in [-0.15, -0.1) is 0 Å². The Bertz CT molecular complexity index is 279. The lowest BCUT2D eigenvalue weighted by Crippen LogP contribution is -1.63. The molecule has 1 heterocycles. The van der Waals surface area contributed by atoms with Crippen molar-refractivity contribution in [3.05, 3.63) is 42.4 Å². The maximum absolute atomic E-state index is 3.99. The van der Waals surface area contributed by atoms with Crippen LogP contribution >= 0.6 is 0 Å². The SMILES string of the molecule is C\C=C/N=C\C=C\c1cc[nH]c1. The van der Waals surface area contributed by atoms with E-state index in [9.17, 15) is 0 Å². The monoisotopic (exact) mass is 160 g/mol. The van der Waals surface area contributed by atoms with Crippen LogP contribution in [-0.4, -0.2) is 11.2 Å². The molecule has 0 radical (unpaired) electrons. The zero-order valence-electron chi connectivity index (χ0n) is 7.07. The largest absolute Gasteiger partial charge is 0.367 e. The molecule has 0 bridgehead atoms. The Morgan fingerprint density at radius 3 is 3.08 bits per heavy atom. The lowest BCUT2D eigenvalue weighted by atomic mass is 10.3. The molecule has 0 aliphatic carbocycles. The Balaban J connectivity index is 2.41. The molecule has 1 aromatic rings. The molecular formula is C10H12N2. The van der Waals surface area contributed by atoms with Gasteiger partial charge in [-0.05, 0) is 24.6 Å². The molecule has 12 heavy (non-hydrogen) atoms. The molecule has 1 N–H and O–H groups in total. The van der Waals surface area contributed by atoms with Crippen molar-refractivity contribution < 1.29 is 0 Å². The van der Waals surface area contributed by atoms with Crippen molar-refractivity contribution in [2.75, 3.05) is 0 Å². The van der Waals surface area contributed by atoms with Crippen molar-refractivity contribution in [1.29, 1.82) is 0 Å². The number of H-pyrrole nitrogens is 1. The van der Waals surface area contributed by atoms with Crippen molar-refractivity contribution in [3.63, 3.8) is 0 Å². The third-order valence-corrected chi connectivity index (χ3v) is 1.32. The summed E-state index contributed by atoms with van der Waals surface area (Å²) >= 11 is 0. The molecule has 2 nitrogen and oxygen atoms in total. The summed E-state index contributed by atoms with van der Waals surface area (Å²) in [5, 5.41) is 0. The first-order chi connectivity index (χ1) is 5.93. The summed E-state index contributed by atoms with van der Waals surface area (Å²) in [5.74, 6) is 0. The molecule has 1 aromatic heterocycles. The van der Waals surface area contributed by atoms with Gasteiger partial charge in [-0.2, -0.15) is 0 Å². The number of rotatable bonds is 3. The van der Waals surface area contributed by atoms with Gasteiger partial charge in [0.05, 0.1) is 0 Å². The van der Waals surface area contributed by atoms with E-state index < -0.39 is 0 Å². The maximum atomic E-state index is 3.99. The van der Waals surface area contributed by atoms with Gasteiger partial charge >= 0.3 is 0 Å². The summed E-state index contributed by atoms with van der Waals surface area (Å²) in [7, 11) is 0. The zero-order chi connectivity index (χ0) is 8.65. The fraction of sp³-hybridized carbons (Fsp3) is 0.100. The molecule has 0 atom stereocenters. The highest BCUT2D eigenvalue weighted by Gasteiger charge is 1.80. The lowest BCUT2D eigenvalue weighted by Gasteiger charge is -1.78. The number of nitrogens with zero attached hydrogens (tertiary/aromatic N) is 1. The second kappa shape index (κ2) is 5.13. The van der Waals surface area contributed by atoms with Crippen LogP contribution in [0, 0.1) is 0 Å². The molecule has 0 spiro atoms. The lowest BCUT2D eigenvalue weighted by molar-refractivity contribution is 1.41. The molecule has 0 saturated carbocycles. The third-order valence-electron chi connectivity index (χ3n) is 1.32. The van der Waals surface area contributed by atoms with Gasteiger partial charge in [-0.3, -0.25) is 4.99 Å². The van der Waals surface area contributed by atoms with Gasteiger partial charge in [-0.1, -0.05) is 12.2 Å². The van der Waals surface area contributed by atoms with Crippen LogP contribution in [0.3, 0.4) is 0 Å². The molecule has 0 aromatic carbocycles. The predicted molar refractivity (Wildman–Crippen MR) is 53.1 cm³/mol. The van der Waals surface area contributed by atoms with Crippen molar-refractivity contribution in [2.45, 2.75) is 6.92 Å². The van der Waals surface area contributed by atoms with Gasteiger partial charge < -0.3 is 4.98 Å². The molecule has 0 aliphatic rings. The van der Waals surface area contributed by atoms with Gasteiger partial charge in [0.2, 0.25) is 0 Å². The van der Waals surface area contributed by atoms with E-state index in [0.29, 0.717) is 0 Å². The Morgan fingerprint density at radius 1 is 1.50 bits per heavy atom. The molecule has 0 unspecified atom stereocenters. The fourth-order valence-electron chi connectivity index (χ4n) is 0.780. The first-order valence-electron chi connectivity index (χ1n) is 3.87. The normalized spacial score (nSPS) is 12.4. The van der Waals surface area contributed by atoms with Gasteiger partial charge in [0.15, 0.2) is 0 Å². The summed E-state index contributed by atoms with van der Waals surface area (Å²) in [5.41, 5.74) is 1.15. The Labute approximate surface area is 72.3 Å². The molecular weight excluding hydrogens is 148 g/mol. The standard InChI is InChI=1S/C10H12N2/c1-2-6-11-7-3-4-10-5-8-12-9-10/h2-9,12H,1H3/b4-3+,6-2-,11-7-. The van der Waals surface area contributed by atoms with Gasteiger partial charge in [0.1, 0.15) is 0 Å². The van der Waals surface area contributed by atoms with Crippen LogP contribution in [0.4, 0.5) is 0 Å². The van der Waals surface area contributed by atoms with E-state index in [-0.39, 0.29) is 0 Å². The first kappa shape index (κ1) is 8.53. The first-order valence-corrected chi connectivity index (χ1v) is 3.87. The van der Waals surface area contributed by atoms with Crippen LogP contribution in [0.15, 0.2) is 41.8 Å². The summed E-state index contributed by atoms with van der Waals surface area (Å²) < 4.78 is 0. The van der Waals surface area contributed by atoms with E-state index in [1.165, 1.54) is 0 Å². The second-order valence-corrected chi connectivity index (χ2v) is 2.28. The minimum Gasteiger partial charge on any atom is -0.367 e. The molecule has 1 rings (SSSR count). The number of nitrogens with one attached hydrogen (secondary N) is 1. The number of aromatic amines is 1. The minimum atomic E-state index is 1.15. The van der Waals surface area contributed by atoms with Crippen LogP contribution in [0.2, 0.25) is 0 Å². The number of allylic oxidation sites excluding steroid dienone is 2. The van der Waals surface area contributed by atoms with Crippen molar-refractivity contribution >= 4 is 12.3 Å². The van der Waals surface area contributed by atoms with Crippen LogP contribution in [0.5, 0.6) is 0 Å². The highest BCUT2D eigenvalue weighted by atomic mass is 14.7. The molecule has 0 saturated heterocycles. The Kier molecular flexibility index (Phi) is 3.64. The maximum Gasteiger partial charge on any atom is 0.0267 e. The van der Waals surface area contributed by atoms with Crippen LogP contribution in [0.25, 0.3) is 6.08 Å². The van der Waals surface area contributed by atoms with Crippen LogP contribution < -0.4 is 0 Å². The van der Waals surface area contributed by atoms with E-state index in [0.717, 1.165) is 5.56 Å². The quantitative estimate of drug-likeness (QED) is 0.658. The van der Waals surface area contributed by atoms with Crippen molar-refractivity contribution in [1.82, 2.24) is 4.98 Å². The number of aromatic nitrogens is 1. The molecule has 0 fully saturated rings. The average molecular weight is 160 g/mol. The smallest absolute Gasteiger partial charge is 0.0267 e. The van der Waals surface area contributed by atoms with Crippen molar-refractivity contribution in [2.24, 2.45) is 4.99 Å². The number of aliphatic imine (C=N–C) groups is 1. The minimum absolute atomic E-state index is 1.15. The fourth-order valence-corrected chi connectivity index (χ4v) is 0.780. The average Bonchev–Trinajstić information content (AvgIpc) is 2.57. The highest BCUT2D eigenvalue weighted by molar-refractivity contribution is 5.78. The van der Waals surface area contributed by atoms with Gasteiger partial charge in [0.25, 0.3) is 0 Å². The van der Waals surface area contributed by atoms with Crippen LogP contribution in [0.1, 0.15) is 12.5 Å². The molecule has 0 amide bonds. The van der Waals surface area contributed by atoms with Gasteiger partial charge in [-0.25, -0.2) is 0 Å². The number of hydrogen-bond donors (Lipinski definition) is 1. The van der Waals surface area contributed by atoms with Gasteiger partial charge in [0, 0.05) is 24.8 Å². The number of hydrogen-bond acceptors (Lipinski definition) is 1. The summed E-state index contributed by atoms with van der Waals surface area (Å²) in [6.07, 6.45) is 13.1. The van der Waals surface area contributed by atoms with Crippen molar-refractivity contribution in [3.8, 4) is 0 Å². The van der Waals surface area contributed by atoms with E-state index in [1.807, 2.05) is 43.6 Å². The second-order valence-electron chi connectivity index (χ2n) is 2.28. The van der Waals surface area contributed by atoms with E-state index in [1.54, 1.807) is 12.4 Å². The Hall–Kier alpha value is -1.57. The summed E-state index contributed by atoms with van der Waals surface area (Å²) in [6, 6.07) is 2.00. The molecule has 62 valence electrons. The topological polar surface area (TPSA) is 28.1 Å². The molecule has 0 aliphatic heterocycles. The highest BCUT2D eigenvalue weighted by Crippen LogP contribution is 1.97. The summed E-state index contributed by atoms with van der Waals surface area (Å²) in [4.78, 5) is 6.96. The zero-order valence-corrected chi connectivity index (χ0v) is 7.07.